The molecule has 2 aromatic carbocycles. The molecule has 17 nitrogen and oxygen atoms in total. The first-order chi connectivity index (χ1) is 29.6. The van der Waals surface area contributed by atoms with Crippen molar-refractivity contribution in [2.24, 2.45) is 13.0 Å². The quantitative estimate of drug-likeness (QED) is 0.208. The van der Waals surface area contributed by atoms with Crippen LogP contribution in [0.4, 0.5) is 17.3 Å². The zero-order chi connectivity index (χ0) is 41.9. The summed E-state index contributed by atoms with van der Waals surface area (Å²) in [6.07, 6.45) is 11.3. The van der Waals surface area contributed by atoms with Crippen LogP contribution >= 0.6 is 0 Å². The highest BCUT2D eigenvalue weighted by Gasteiger charge is 2.45. The van der Waals surface area contributed by atoms with E-state index in [1.54, 1.807) is 18.3 Å². The number of carbonyl (C=O) groups excluding carboxylic acids is 5. The van der Waals surface area contributed by atoms with Gasteiger partial charge < -0.3 is 19.5 Å². The number of piperidine rings is 2. The molecule has 17 heteroatoms. The van der Waals surface area contributed by atoms with Crippen LogP contribution in [0.1, 0.15) is 87.8 Å². The van der Waals surface area contributed by atoms with E-state index >= 15 is 0 Å². The van der Waals surface area contributed by atoms with Gasteiger partial charge in [0.2, 0.25) is 11.8 Å². The summed E-state index contributed by atoms with van der Waals surface area (Å²) < 4.78 is 3.83. The maximum atomic E-state index is 13.5. The minimum Gasteiger partial charge on any atom is -0.369 e. The topological polar surface area (TPSA) is 174 Å². The first-order valence-corrected chi connectivity index (χ1v) is 21.5. The number of carbonyl (C=O) groups is 5. The zero-order valence-corrected chi connectivity index (χ0v) is 34.5. The van der Waals surface area contributed by atoms with E-state index in [9.17, 15) is 24.0 Å². The summed E-state index contributed by atoms with van der Waals surface area (Å²) in [6.45, 7) is 7.28. The fraction of sp³-hybridized carbons (Fsp3) is 0.455. The average Bonchev–Trinajstić information content (AvgIpc) is 4.04. The fourth-order valence-corrected chi connectivity index (χ4v) is 9.92. The molecule has 2 N–H and O–H groups in total. The molecule has 5 amide bonds. The Kier molecular flexibility index (Phi) is 10.0. The van der Waals surface area contributed by atoms with Crippen LogP contribution in [0, 0.1) is 5.92 Å². The third-order valence-electron chi connectivity index (χ3n) is 13.5. The van der Waals surface area contributed by atoms with Gasteiger partial charge in [0, 0.05) is 75.6 Å². The van der Waals surface area contributed by atoms with E-state index in [0.29, 0.717) is 34.5 Å². The smallest absolute Gasteiger partial charge is 0.262 e. The molecule has 5 aliphatic heterocycles. The lowest BCUT2D eigenvalue weighted by molar-refractivity contribution is -0.136. The van der Waals surface area contributed by atoms with Gasteiger partial charge in [-0.05, 0) is 101 Å². The first kappa shape index (κ1) is 39.0. The lowest BCUT2D eigenvalue weighted by Crippen LogP contribution is -2.54. The van der Waals surface area contributed by atoms with Crippen LogP contribution in [0.5, 0.6) is 0 Å². The summed E-state index contributed by atoms with van der Waals surface area (Å²) in [6, 6.07) is 10.4. The number of aryl methyl sites for hydroxylation is 1. The van der Waals surface area contributed by atoms with Gasteiger partial charge in [-0.3, -0.25) is 48.7 Å². The molecule has 0 radical (unpaired) electrons. The lowest BCUT2D eigenvalue weighted by Gasteiger charge is -2.38. The van der Waals surface area contributed by atoms with E-state index in [1.165, 1.54) is 0 Å². The van der Waals surface area contributed by atoms with Crippen LogP contribution in [0.2, 0.25) is 0 Å². The second-order valence-electron chi connectivity index (χ2n) is 17.2. The van der Waals surface area contributed by atoms with Crippen LogP contribution < -0.4 is 20.4 Å². The Bertz CT molecular complexity index is 2590. The van der Waals surface area contributed by atoms with Gasteiger partial charge in [-0.15, -0.1) is 0 Å². The van der Waals surface area contributed by atoms with Crippen LogP contribution in [0.3, 0.4) is 0 Å². The van der Waals surface area contributed by atoms with Crippen molar-refractivity contribution < 1.29 is 24.0 Å². The van der Waals surface area contributed by atoms with Gasteiger partial charge in [-0.1, -0.05) is 0 Å². The summed E-state index contributed by atoms with van der Waals surface area (Å²) in [5.41, 5.74) is 4.80. The number of imide groups is 2. The van der Waals surface area contributed by atoms with E-state index in [4.69, 9.17) is 10.1 Å². The molecule has 4 saturated heterocycles. The monoisotopic (exact) mass is 826 g/mol. The number of rotatable bonds is 9. The molecule has 0 aliphatic carbocycles. The van der Waals surface area contributed by atoms with E-state index in [2.05, 4.69) is 42.3 Å². The maximum absolute atomic E-state index is 13.5. The van der Waals surface area contributed by atoms with E-state index < -0.39 is 23.8 Å². The summed E-state index contributed by atoms with van der Waals surface area (Å²) in [5, 5.41) is 11.1. The van der Waals surface area contributed by atoms with Gasteiger partial charge in [-0.25, -0.2) is 9.97 Å². The molecule has 0 bridgehead atoms. The zero-order valence-electron chi connectivity index (χ0n) is 34.5. The Hall–Kier alpha value is -6.20. The number of piperazine rings is 1. The SMILES string of the molecule is CN1CCC[C@@H]1c1cn2cc(NC(=O)c3ccc4c(c3)c(N3CCC(CCN5CCN(c6ccc7c(c6)C(=O)N(C6CCC(=O)NC6=O)C7=O)CC5)CC3)nn4C)ncc2n1. The molecule has 5 aliphatic rings. The van der Waals surface area contributed by atoms with Crippen molar-refractivity contribution in [2.45, 2.75) is 57.0 Å². The van der Waals surface area contributed by atoms with Crippen LogP contribution in [0.25, 0.3) is 16.6 Å². The van der Waals surface area contributed by atoms with Crippen molar-refractivity contribution in [3.63, 3.8) is 0 Å². The number of aromatic nitrogens is 5. The maximum Gasteiger partial charge on any atom is 0.262 e. The predicted octanol–water partition coefficient (Wildman–Crippen LogP) is 3.46. The average molecular weight is 827 g/mol. The second-order valence-corrected chi connectivity index (χ2v) is 17.2. The Balaban J connectivity index is 0.716. The number of imidazole rings is 1. The van der Waals surface area contributed by atoms with Gasteiger partial charge in [0.1, 0.15) is 11.9 Å². The fourth-order valence-electron chi connectivity index (χ4n) is 9.92. The van der Waals surface area contributed by atoms with E-state index in [0.717, 1.165) is 123 Å². The number of anilines is 3. The summed E-state index contributed by atoms with van der Waals surface area (Å²) >= 11 is 0. The van der Waals surface area contributed by atoms with Gasteiger partial charge in [0.05, 0.1) is 40.8 Å². The summed E-state index contributed by atoms with van der Waals surface area (Å²) in [5.74, 6) is -0.211. The van der Waals surface area contributed by atoms with Crippen molar-refractivity contribution in [1.82, 2.24) is 44.2 Å². The molecule has 8 heterocycles. The van der Waals surface area contributed by atoms with Crippen molar-refractivity contribution in [3.8, 4) is 0 Å². The largest absolute Gasteiger partial charge is 0.369 e. The molecule has 4 fully saturated rings. The van der Waals surface area contributed by atoms with Crippen molar-refractivity contribution in [1.29, 1.82) is 0 Å². The van der Waals surface area contributed by atoms with Gasteiger partial charge in [-0.2, -0.15) is 5.10 Å². The second kappa shape index (κ2) is 15.7. The number of amides is 5. The normalized spacial score (nSPS) is 21.9. The van der Waals surface area contributed by atoms with Crippen molar-refractivity contribution in [2.75, 3.05) is 74.5 Å². The van der Waals surface area contributed by atoms with E-state index in [-0.39, 0.29) is 24.7 Å². The molecule has 5 aromatic rings. The van der Waals surface area contributed by atoms with Crippen LogP contribution in [0.15, 0.2) is 55.0 Å². The number of benzene rings is 2. The Morgan fingerprint density at radius 2 is 1.64 bits per heavy atom. The highest BCUT2D eigenvalue weighted by atomic mass is 16.2. The molecule has 10 rings (SSSR count). The number of likely N-dealkylation sites (tertiary alicyclic amines) is 1. The Morgan fingerprint density at radius 1 is 0.836 bits per heavy atom. The predicted molar refractivity (Wildman–Crippen MR) is 228 cm³/mol. The Morgan fingerprint density at radius 3 is 2.41 bits per heavy atom. The van der Waals surface area contributed by atoms with Crippen LogP contribution in [-0.2, 0) is 16.6 Å². The van der Waals surface area contributed by atoms with E-state index in [1.807, 2.05) is 52.8 Å². The number of nitrogens with one attached hydrogen (secondary N) is 2. The minimum atomic E-state index is -0.972. The third kappa shape index (κ3) is 7.28. The Labute approximate surface area is 352 Å². The van der Waals surface area contributed by atoms with Crippen LogP contribution in [-0.4, -0.2) is 134 Å². The molecule has 0 spiro atoms. The molecule has 1 unspecified atom stereocenters. The highest BCUT2D eigenvalue weighted by Crippen LogP contribution is 2.34. The highest BCUT2D eigenvalue weighted by molar-refractivity contribution is 6.23. The van der Waals surface area contributed by atoms with Gasteiger partial charge in [0.25, 0.3) is 17.7 Å². The number of hydrogen-bond acceptors (Lipinski definition) is 12. The summed E-state index contributed by atoms with van der Waals surface area (Å²) in [7, 11) is 4.08. The molecular weight excluding hydrogens is 777 g/mol. The number of hydrogen-bond donors (Lipinski definition) is 2. The molecule has 0 saturated carbocycles. The summed E-state index contributed by atoms with van der Waals surface area (Å²) in [4.78, 5) is 83.9. The van der Waals surface area contributed by atoms with Gasteiger partial charge >= 0.3 is 0 Å². The molecular formula is C44H50N12O5. The molecule has 2 atom stereocenters. The first-order valence-electron chi connectivity index (χ1n) is 21.5. The lowest BCUT2D eigenvalue weighted by atomic mass is 9.93. The minimum absolute atomic E-state index is 0.0931. The molecule has 316 valence electrons. The van der Waals surface area contributed by atoms with Gasteiger partial charge in [0.15, 0.2) is 11.5 Å². The standard InChI is InChI=1S/C44H50N12O5/c1-50-14-3-4-35(50)33-25-55-26-37(45-24-38(55)46-33)47-41(58)28-5-8-34-32(22-28)40(49-51(34)2)54-16-12-27(13-17-54)11-15-52-18-20-53(21-19-52)29-6-7-30-31(23-29)44(61)56(43(30)60)36-9-10-39(57)48-42(36)59/h5-8,22-27,35-36H,3-4,9-21H2,1-2H3,(H,47,58)(H,48,57,59)/t35-,36?/m1/s1. The van der Waals surface area contributed by atoms with Crippen molar-refractivity contribution in [3.05, 3.63) is 77.4 Å². The third-order valence-corrected chi connectivity index (χ3v) is 13.5. The molecule has 3 aromatic heterocycles. The molecule has 61 heavy (non-hydrogen) atoms. The number of nitrogens with zero attached hydrogens (tertiary/aromatic N) is 10. The number of fused-ring (bicyclic) bond motifs is 3. The van der Waals surface area contributed by atoms with Crippen molar-refractivity contribution >= 4 is 63.4 Å².